The van der Waals surface area contributed by atoms with Gasteiger partial charge in [0.2, 0.25) is 11.8 Å². The first-order chi connectivity index (χ1) is 7.54. The fraction of sp³-hybridized carbons (Fsp3) is 0.818. The van der Waals surface area contributed by atoms with E-state index in [4.69, 9.17) is 11.5 Å². The Morgan fingerprint density at radius 2 is 2.06 bits per heavy atom. The molecule has 0 saturated heterocycles. The third-order valence-electron chi connectivity index (χ3n) is 3.10. The normalized spacial score (nSPS) is 25.1. The maximum Gasteiger partial charge on any atom is 0.237 e. The lowest BCUT2D eigenvalue weighted by molar-refractivity contribution is -0.139. The van der Waals surface area contributed by atoms with Crippen LogP contribution in [0.25, 0.3) is 0 Å². The molecule has 5 nitrogen and oxygen atoms in total. The lowest BCUT2D eigenvalue weighted by atomic mass is 9.85. The van der Waals surface area contributed by atoms with Crippen LogP contribution in [0.2, 0.25) is 0 Å². The summed E-state index contributed by atoms with van der Waals surface area (Å²) in [6, 6.07) is 0.120. The standard InChI is InChI=1S/C11H21N3O2/c1-2-14(7-10(13)15)11(16)8-4-3-5-9(12)6-8/h8-9H,2-7,12H2,1H3,(H2,13,15). The second-order valence-electron chi connectivity index (χ2n) is 4.44. The van der Waals surface area contributed by atoms with Gasteiger partial charge in [0.15, 0.2) is 0 Å². The van der Waals surface area contributed by atoms with E-state index in [1.807, 2.05) is 6.92 Å². The first-order valence-corrected chi connectivity index (χ1v) is 5.87. The Bertz CT molecular complexity index is 268. The molecule has 1 fully saturated rings. The smallest absolute Gasteiger partial charge is 0.237 e. The van der Waals surface area contributed by atoms with Gasteiger partial charge >= 0.3 is 0 Å². The Hall–Kier alpha value is -1.10. The van der Waals surface area contributed by atoms with Crippen LogP contribution in [0.4, 0.5) is 0 Å². The summed E-state index contributed by atoms with van der Waals surface area (Å²) in [5, 5.41) is 0. The number of nitrogens with zero attached hydrogens (tertiary/aromatic N) is 1. The number of likely N-dealkylation sites (N-methyl/N-ethyl adjacent to an activating group) is 1. The highest BCUT2D eigenvalue weighted by molar-refractivity contribution is 5.85. The summed E-state index contributed by atoms with van der Waals surface area (Å²) in [7, 11) is 0. The van der Waals surface area contributed by atoms with Crippen LogP contribution >= 0.6 is 0 Å². The van der Waals surface area contributed by atoms with Gasteiger partial charge in [-0.1, -0.05) is 6.42 Å². The minimum Gasteiger partial charge on any atom is -0.368 e. The van der Waals surface area contributed by atoms with Gasteiger partial charge in [0.05, 0.1) is 6.54 Å². The average molecular weight is 227 g/mol. The van der Waals surface area contributed by atoms with Crippen LogP contribution in [0.3, 0.4) is 0 Å². The van der Waals surface area contributed by atoms with Crippen molar-refractivity contribution in [2.45, 2.75) is 38.6 Å². The SMILES string of the molecule is CCN(CC(N)=O)C(=O)C1CCCC(N)C1. The molecule has 1 aliphatic rings. The quantitative estimate of drug-likeness (QED) is 0.699. The topological polar surface area (TPSA) is 89.4 Å². The van der Waals surface area contributed by atoms with E-state index >= 15 is 0 Å². The number of rotatable bonds is 4. The zero-order valence-corrected chi connectivity index (χ0v) is 9.82. The Balaban J connectivity index is 2.56. The van der Waals surface area contributed by atoms with Crippen LogP contribution in [-0.4, -0.2) is 35.8 Å². The number of carbonyl (C=O) groups is 2. The van der Waals surface area contributed by atoms with Gasteiger partial charge in [-0.25, -0.2) is 0 Å². The largest absolute Gasteiger partial charge is 0.368 e. The number of amides is 2. The van der Waals surface area contributed by atoms with Gasteiger partial charge in [-0.05, 0) is 26.2 Å². The van der Waals surface area contributed by atoms with E-state index in [9.17, 15) is 9.59 Å². The Kier molecular flexibility index (Phi) is 4.73. The second kappa shape index (κ2) is 5.84. The Labute approximate surface area is 96.1 Å². The van der Waals surface area contributed by atoms with E-state index in [0.29, 0.717) is 6.54 Å². The van der Waals surface area contributed by atoms with E-state index in [-0.39, 0.29) is 24.4 Å². The van der Waals surface area contributed by atoms with Crippen LogP contribution in [0.5, 0.6) is 0 Å². The maximum absolute atomic E-state index is 12.1. The lowest BCUT2D eigenvalue weighted by Crippen LogP contribution is -2.44. The van der Waals surface area contributed by atoms with E-state index < -0.39 is 5.91 Å². The zero-order chi connectivity index (χ0) is 12.1. The minimum absolute atomic E-state index is 0.0150. The third kappa shape index (κ3) is 3.48. The number of hydrogen-bond donors (Lipinski definition) is 2. The molecule has 1 rings (SSSR count). The lowest BCUT2D eigenvalue weighted by Gasteiger charge is -2.30. The monoisotopic (exact) mass is 227 g/mol. The predicted molar refractivity (Wildman–Crippen MR) is 61.4 cm³/mol. The molecule has 0 spiro atoms. The fourth-order valence-corrected chi connectivity index (χ4v) is 2.24. The first kappa shape index (κ1) is 13.0. The van der Waals surface area contributed by atoms with Crippen molar-refractivity contribution in [2.24, 2.45) is 17.4 Å². The van der Waals surface area contributed by atoms with E-state index in [1.54, 1.807) is 0 Å². The number of nitrogens with two attached hydrogens (primary N) is 2. The maximum atomic E-state index is 12.1. The van der Waals surface area contributed by atoms with Crippen LogP contribution in [0.1, 0.15) is 32.6 Å². The molecular formula is C11H21N3O2. The molecule has 92 valence electrons. The summed E-state index contributed by atoms with van der Waals surface area (Å²) in [6.07, 6.45) is 3.59. The highest BCUT2D eigenvalue weighted by atomic mass is 16.2. The van der Waals surface area contributed by atoms with Crippen molar-refractivity contribution in [3.63, 3.8) is 0 Å². The molecular weight excluding hydrogens is 206 g/mol. The first-order valence-electron chi connectivity index (χ1n) is 5.87. The molecule has 0 aromatic heterocycles. The summed E-state index contributed by atoms with van der Waals surface area (Å²) in [5.74, 6) is -0.463. The van der Waals surface area contributed by atoms with Gasteiger partial charge in [0.1, 0.15) is 0 Å². The van der Waals surface area contributed by atoms with Crippen molar-refractivity contribution in [2.75, 3.05) is 13.1 Å². The molecule has 16 heavy (non-hydrogen) atoms. The van der Waals surface area contributed by atoms with Crippen molar-refractivity contribution in [3.05, 3.63) is 0 Å². The van der Waals surface area contributed by atoms with E-state index in [1.165, 1.54) is 4.90 Å². The van der Waals surface area contributed by atoms with Gasteiger partial charge in [-0.15, -0.1) is 0 Å². The summed E-state index contributed by atoms with van der Waals surface area (Å²) in [4.78, 5) is 24.4. The van der Waals surface area contributed by atoms with Crippen LogP contribution < -0.4 is 11.5 Å². The average Bonchev–Trinajstić information content (AvgIpc) is 2.24. The van der Waals surface area contributed by atoms with Crippen LogP contribution in [0.15, 0.2) is 0 Å². The molecule has 0 bridgehead atoms. The summed E-state index contributed by atoms with van der Waals surface area (Å²) in [6.45, 7) is 2.39. The molecule has 0 radical (unpaired) electrons. The number of primary amides is 1. The van der Waals surface area contributed by atoms with Crippen LogP contribution in [-0.2, 0) is 9.59 Å². The Morgan fingerprint density at radius 3 is 2.56 bits per heavy atom. The van der Waals surface area contributed by atoms with Gasteiger partial charge in [0.25, 0.3) is 0 Å². The predicted octanol–water partition coefficient (Wildman–Crippen LogP) is -0.162. The number of hydrogen-bond acceptors (Lipinski definition) is 3. The molecule has 1 aliphatic carbocycles. The zero-order valence-electron chi connectivity index (χ0n) is 9.82. The molecule has 2 unspecified atom stereocenters. The molecule has 4 N–H and O–H groups in total. The second-order valence-corrected chi connectivity index (χ2v) is 4.44. The summed E-state index contributed by atoms with van der Waals surface area (Å²) < 4.78 is 0. The molecule has 0 aromatic rings. The van der Waals surface area contributed by atoms with Gasteiger partial charge < -0.3 is 16.4 Å². The van der Waals surface area contributed by atoms with Crippen molar-refractivity contribution < 1.29 is 9.59 Å². The van der Waals surface area contributed by atoms with Crippen molar-refractivity contribution in [3.8, 4) is 0 Å². The molecule has 5 heteroatoms. The van der Waals surface area contributed by atoms with Crippen molar-refractivity contribution in [1.29, 1.82) is 0 Å². The van der Waals surface area contributed by atoms with E-state index in [0.717, 1.165) is 25.7 Å². The van der Waals surface area contributed by atoms with Gasteiger partial charge in [-0.2, -0.15) is 0 Å². The summed E-state index contributed by atoms with van der Waals surface area (Å²) in [5.41, 5.74) is 10.9. The molecule has 1 saturated carbocycles. The van der Waals surface area contributed by atoms with Crippen molar-refractivity contribution in [1.82, 2.24) is 4.90 Å². The molecule has 2 amide bonds. The Morgan fingerprint density at radius 1 is 1.38 bits per heavy atom. The van der Waals surface area contributed by atoms with Gasteiger partial charge in [0, 0.05) is 18.5 Å². The fourth-order valence-electron chi connectivity index (χ4n) is 2.24. The minimum atomic E-state index is -0.463. The summed E-state index contributed by atoms with van der Waals surface area (Å²) >= 11 is 0. The van der Waals surface area contributed by atoms with Crippen LogP contribution in [0, 0.1) is 5.92 Å². The molecule has 2 atom stereocenters. The van der Waals surface area contributed by atoms with Crippen molar-refractivity contribution >= 4 is 11.8 Å². The highest BCUT2D eigenvalue weighted by Crippen LogP contribution is 2.24. The van der Waals surface area contributed by atoms with Gasteiger partial charge in [-0.3, -0.25) is 9.59 Å². The highest BCUT2D eigenvalue weighted by Gasteiger charge is 2.28. The molecule has 0 heterocycles. The molecule has 0 aliphatic heterocycles. The molecule has 0 aromatic carbocycles. The van der Waals surface area contributed by atoms with E-state index in [2.05, 4.69) is 0 Å². The third-order valence-corrected chi connectivity index (χ3v) is 3.10. The number of carbonyl (C=O) groups excluding carboxylic acids is 2.